The first-order chi connectivity index (χ1) is 9.88. The maximum absolute atomic E-state index is 11.1. The van der Waals surface area contributed by atoms with Crippen molar-refractivity contribution in [1.82, 2.24) is 0 Å². The van der Waals surface area contributed by atoms with Crippen molar-refractivity contribution in [2.75, 3.05) is 0 Å². The molecule has 7 heteroatoms. The van der Waals surface area contributed by atoms with Crippen LogP contribution in [0.2, 0.25) is 5.02 Å². The van der Waals surface area contributed by atoms with E-state index in [1.807, 2.05) is 6.92 Å². The highest BCUT2D eigenvalue weighted by molar-refractivity contribution is 7.99. The topological polar surface area (TPSA) is 80.4 Å². The summed E-state index contributed by atoms with van der Waals surface area (Å²) in [6, 6.07) is 9.19. The molecular formula is C14H10ClNO4S. The molecule has 21 heavy (non-hydrogen) atoms. The van der Waals surface area contributed by atoms with Gasteiger partial charge in [0.1, 0.15) is 0 Å². The number of benzene rings is 2. The second-order valence-corrected chi connectivity index (χ2v) is 5.78. The molecule has 0 amide bonds. The Morgan fingerprint density at radius 2 is 2.00 bits per heavy atom. The number of carboxylic acid groups (broad SMARTS) is 1. The van der Waals surface area contributed by atoms with Crippen LogP contribution in [0.5, 0.6) is 0 Å². The minimum Gasteiger partial charge on any atom is -0.478 e. The number of carboxylic acids is 1. The lowest BCUT2D eigenvalue weighted by Gasteiger charge is -2.07. The SMILES string of the molecule is Cc1ccc([N+](=O)[O-])cc1Sc1ccc(Cl)c(C(=O)O)c1. The molecule has 0 aliphatic carbocycles. The van der Waals surface area contributed by atoms with Gasteiger partial charge in [0.05, 0.1) is 15.5 Å². The van der Waals surface area contributed by atoms with Gasteiger partial charge in [-0.1, -0.05) is 29.4 Å². The molecule has 0 saturated carbocycles. The van der Waals surface area contributed by atoms with Gasteiger partial charge in [-0.15, -0.1) is 0 Å². The fourth-order valence-electron chi connectivity index (χ4n) is 1.67. The lowest BCUT2D eigenvalue weighted by molar-refractivity contribution is -0.385. The molecule has 0 heterocycles. The summed E-state index contributed by atoms with van der Waals surface area (Å²) in [5, 5.41) is 20.0. The van der Waals surface area contributed by atoms with Gasteiger partial charge in [-0.25, -0.2) is 4.79 Å². The Kier molecular flexibility index (Phi) is 4.50. The van der Waals surface area contributed by atoms with Crippen LogP contribution < -0.4 is 0 Å². The Morgan fingerprint density at radius 1 is 1.29 bits per heavy atom. The summed E-state index contributed by atoms with van der Waals surface area (Å²) in [6.07, 6.45) is 0. The molecule has 0 spiro atoms. The van der Waals surface area contributed by atoms with E-state index in [2.05, 4.69) is 0 Å². The first kappa shape index (κ1) is 15.3. The number of aryl methyl sites for hydroxylation is 1. The van der Waals surface area contributed by atoms with Crippen molar-refractivity contribution in [2.24, 2.45) is 0 Å². The summed E-state index contributed by atoms with van der Waals surface area (Å²) in [4.78, 5) is 22.7. The molecule has 0 fully saturated rings. The lowest BCUT2D eigenvalue weighted by Crippen LogP contribution is -1.97. The molecule has 0 unspecified atom stereocenters. The molecule has 0 aliphatic rings. The van der Waals surface area contributed by atoms with Crippen LogP contribution in [0.1, 0.15) is 15.9 Å². The number of aromatic carboxylic acids is 1. The predicted molar refractivity (Wildman–Crippen MR) is 80.4 cm³/mol. The van der Waals surface area contributed by atoms with E-state index in [-0.39, 0.29) is 16.3 Å². The Morgan fingerprint density at radius 3 is 2.62 bits per heavy atom. The minimum absolute atomic E-state index is 0.00415. The summed E-state index contributed by atoms with van der Waals surface area (Å²) in [7, 11) is 0. The van der Waals surface area contributed by atoms with Crippen LogP contribution in [0.4, 0.5) is 5.69 Å². The van der Waals surface area contributed by atoms with E-state index < -0.39 is 10.9 Å². The van der Waals surface area contributed by atoms with Gasteiger partial charge >= 0.3 is 5.97 Å². The molecule has 2 aromatic rings. The molecular weight excluding hydrogens is 314 g/mol. The highest BCUT2D eigenvalue weighted by Crippen LogP contribution is 2.34. The van der Waals surface area contributed by atoms with Gasteiger partial charge in [-0.3, -0.25) is 10.1 Å². The maximum Gasteiger partial charge on any atom is 0.337 e. The molecule has 2 aromatic carbocycles. The van der Waals surface area contributed by atoms with Crippen molar-refractivity contribution in [2.45, 2.75) is 16.7 Å². The van der Waals surface area contributed by atoms with Gasteiger partial charge in [-0.05, 0) is 30.7 Å². The van der Waals surface area contributed by atoms with E-state index in [4.69, 9.17) is 16.7 Å². The van der Waals surface area contributed by atoms with E-state index in [0.717, 1.165) is 5.56 Å². The van der Waals surface area contributed by atoms with Crippen LogP contribution in [0.15, 0.2) is 46.2 Å². The van der Waals surface area contributed by atoms with Crippen molar-refractivity contribution in [3.8, 4) is 0 Å². The number of nitro groups is 1. The second kappa shape index (κ2) is 6.15. The zero-order valence-electron chi connectivity index (χ0n) is 10.9. The Bertz CT molecular complexity index is 733. The van der Waals surface area contributed by atoms with Gasteiger partial charge in [0.25, 0.3) is 5.69 Å². The van der Waals surface area contributed by atoms with Crippen LogP contribution in [-0.4, -0.2) is 16.0 Å². The summed E-state index contributed by atoms with van der Waals surface area (Å²) < 4.78 is 0. The average molecular weight is 324 g/mol. The number of halogens is 1. The largest absolute Gasteiger partial charge is 0.478 e. The fraction of sp³-hybridized carbons (Fsp3) is 0.0714. The summed E-state index contributed by atoms with van der Waals surface area (Å²) in [5.74, 6) is -1.11. The van der Waals surface area contributed by atoms with Crippen LogP contribution in [-0.2, 0) is 0 Å². The Labute approximate surface area is 129 Å². The number of carbonyl (C=O) groups is 1. The van der Waals surface area contributed by atoms with Gasteiger partial charge in [-0.2, -0.15) is 0 Å². The minimum atomic E-state index is -1.11. The molecule has 1 N–H and O–H groups in total. The molecule has 0 aromatic heterocycles. The maximum atomic E-state index is 11.1. The smallest absolute Gasteiger partial charge is 0.337 e. The van der Waals surface area contributed by atoms with E-state index in [0.29, 0.717) is 9.79 Å². The third-order valence-electron chi connectivity index (χ3n) is 2.78. The molecule has 0 bridgehead atoms. The highest BCUT2D eigenvalue weighted by atomic mass is 35.5. The quantitative estimate of drug-likeness (QED) is 0.666. The van der Waals surface area contributed by atoms with E-state index >= 15 is 0 Å². The summed E-state index contributed by atoms with van der Waals surface area (Å²) >= 11 is 7.07. The first-order valence-corrected chi connectivity index (χ1v) is 7.03. The van der Waals surface area contributed by atoms with Gasteiger partial charge in [0, 0.05) is 21.9 Å². The monoisotopic (exact) mass is 323 g/mol. The average Bonchev–Trinajstić information content (AvgIpc) is 2.42. The molecule has 108 valence electrons. The highest BCUT2D eigenvalue weighted by Gasteiger charge is 2.13. The third-order valence-corrected chi connectivity index (χ3v) is 4.26. The Balaban J connectivity index is 2.38. The molecule has 2 rings (SSSR count). The van der Waals surface area contributed by atoms with Crippen LogP contribution in [0.25, 0.3) is 0 Å². The summed E-state index contributed by atoms with van der Waals surface area (Å²) in [6.45, 7) is 1.83. The standard InChI is InChI=1S/C14H10ClNO4S/c1-8-2-3-9(16(19)20)6-13(8)21-10-4-5-12(15)11(7-10)14(17)18/h2-7H,1H3,(H,17,18). The summed E-state index contributed by atoms with van der Waals surface area (Å²) in [5.41, 5.74) is 0.873. The van der Waals surface area contributed by atoms with Gasteiger partial charge in [0.15, 0.2) is 0 Å². The van der Waals surface area contributed by atoms with Crippen LogP contribution in [0, 0.1) is 17.0 Å². The van der Waals surface area contributed by atoms with E-state index in [9.17, 15) is 14.9 Å². The van der Waals surface area contributed by atoms with Gasteiger partial charge < -0.3 is 5.11 Å². The lowest BCUT2D eigenvalue weighted by atomic mass is 10.2. The van der Waals surface area contributed by atoms with Crippen molar-refractivity contribution in [3.05, 3.63) is 62.7 Å². The number of hydrogen-bond donors (Lipinski definition) is 1. The van der Waals surface area contributed by atoms with Crippen molar-refractivity contribution >= 4 is 35.0 Å². The molecule has 0 saturated heterocycles. The normalized spacial score (nSPS) is 10.4. The van der Waals surface area contributed by atoms with E-state index in [1.165, 1.54) is 36.0 Å². The van der Waals surface area contributed by atoms with Crippen LogP contribution in [0.3, 0.4) is 0 Å². The molecule has 5 nitrogen and oxygen atoms in total. The second-order valence-electron chi connectivity index (χ2n) is 4.26. The molecule has 0 radical (unpaired) electrons. The van der Waals surface area contributed by atoms with E-state index in [1.54, 1.807) is 12.1 Å². The zero-order valence-corrected chi connectivity index (χ0v) is 12.4. The number of nitro benzene ring substituents is 1. The molecule has 0 atom stereocenters. The first-order valence-electron chi connectivity index (χ1n) is 5.84. The van der Waals surface area contributed by atoms with Crippen molar-refractivity contribution < 1.29 is 14.8 Å². The van der Waals surface area contributed by atoms with Crippen LogP contribution >= 0.6 is 23.4 Å². The number of non-ortho nitro benzene ring substituents is 1. The Hall–Kier alpha value is -2.05. The molecule has 0 aliphatic heterocycles. The predicted octanol–water partition coefficient (Wildman–Crippen LogP) is 4.41. The van der Waals surface area contributed by atoms with Crippen molar-refractivity contribution in [1.29, 1.82) is 0 Å². The number of hydrogen-bond acceptors (Lipinski definition) is 4. The number of rotatable bonds is 4. The van der Waals surface area contributed by atoms with Gasteiger partial charge in [0.2, 0.25) is 0 Å². The zero-order chi connectivity index (χ0) is 15.6. The third kappa shape index (κ3) is 3.53. The number of nitrogens with zero attached hydrogens (tertiary/aromatic N) is 1. The fourth-order valence-corrected chi connectivity index (χ4v) is 2.84. The van der Waals surface area contributed by atoms with Crippen molar-refractivity contribution in [3.63, 3.8) is 0 Å².